The standard InChI is InChI=1S/C8H16N2OS/c1-12(9,11)10-6-7-2-4-8(10)5-3-7/h7-9H,2-6H2,1H3. The second kappa shape index (κ2) is 2.70. The van der Waals surface area contributed by atoms with Gasteiger partial charge in [-0.05, 0) is 31.6 Å². The van der Waals surface area contributed by atoms with Crippen molar-refractivity contribution in [1.29, 1.82) is 4.78 Å². The van der Waals surface area contributed by atoms with Crippen molar-refractivity contribution < 1.29 is 4.21 Å². The van der Waals surface area contributed by atoms with Gasteiger partial charge in [-0.3, -0.25) is 0 Å². The first-order chi connectivity index (χ1) is 5.57. The molecule has 12 heavy (non-hydrogen) atoms. The van der Waals surface area contributed by atoms with Crippen molar-refractivity contribution in [3.8, 4) is 0 Å². The smallest absolute Gasteiger partial charge is 0.105 e. The van der Waals surface area contributed by atoms with Crippen LogP contribution in [0.25, 0.3) is 0 Å². The Kier molecular flexibility index (Phi) is 1.92. The molecule has 2 heterocycles. The molecule has 1 aliphatic carbocycles. The fraction of sp³-hybridized carbons (Fsp3) is 1.00. The topological polar surface area (TPSA) is 44.2 Å². The number of hydrogen-bond acceptors (Lipinski definition) is 2. The summed E-state index contributed by atoms with van der Waals surface area (Å²) in [4.78, 5) is 0. The summed E-state index contributed by atoms with van der Waals surface area (Å²) in [6, 6.07) is 0.449. The van der Waals surface area contributed by atoms with Gasteiger partial charge in [0.2, 0.25) is 0 Å². The quantitative estimate of drug-likeness (QED) is 0.665. The van der Waals surface area contributed by atoms with Gasteiger partial charge in [0.1, 0.15) is 9.92 Å². The van der Waals surface area contributed by atoms with Crippen LogP contribution in [0.4, 0.5) is 0 Å². The first-order valence-corrected chi connectivity index (χ1v) is 6.50. The molecule has 0 spiro atoms. The second-order valence-corrected chi connectivity index (χ2v) is 6.15. The molecule has 3 rings (SSSR count). The van der Waals surface area contributed by atoms with Crippen LogP contribution in [0.3, 0.4) is 0 Å². The van der Waals surface area contributed by atoms with E-state index < -0.39 is 9.92 Å². The van der Waals surface area contributed by atoms with Crippen molar-refractivity contribution in [2.45, 2.75) is 31.7 Å². The molecule has 2 bridgehead atoms. The average Bonchev–Trinajstić information content (AvgIpc) is 2.05. The van der Waals surface area contributed by atoms with Gasteiger partial charge < -0.3 is 0 Å². The van der Waals surface area contributed by atoms with Crippen LogP contribution in [0.15, 0.2) is 0 Å². The van der Waals surface area contributed by atoms with Crippen molar-refractivity contribution >= 4 is 9.92 Å². The normalized spacial score (nSPS) is 41.1. The fourth-order valence-electron chi connectivity index (χ4n) is 2.45. The Morgan fingerprint density at radius 1 is 1.33 bits per heavy atom. The first-order valence-electron chi connectivity index (χ1n) is 4.58. The van der Waals surface area contributed by atoms with Crippen LogP contribution in [0.5, 0.6) is 0 Å². The molecule has 0 aromatic carbocycles. The highest BCUT2D eigenvalue weighted by molar-refractivity contribution is 7.89. The average molecular weight is 188 g/mol. The van der Waals surface area contributed by atoms with Gasteiger partial charge >= 0.3 is 0 Å². The van der Waals surface area contributed by atoms with E-state index in [-0.39, 0.29) is 0 Å². The SMILES string of the molecule is CS(=N)(=O)N1CC2CCC1CC2. The van der Waals surface area contributed by atoms with Crippen LogP contribution >= 0.6 is 0 Å². The van der Waals surface area contributed by atoms with E-state index in [1.54, 1.807) is 6.26 Å². The number of nitrogens with zero attached hydrogens (tertiary/aromatic N) is 1. The zero-order chi connectivity index (χ0) is 8.77. The Bertz CT molecular complexity index is 265. The third-order valence-electron chi connectivity index (χ3n) is 3.11. The van der Waals surface area contributed by atoms with E-state index in [4.69, 9.17) is 4.78 Å². The van der Waals surface area contributed by atoms with Gasteiger partial charge in [-0.25, -0.2) is 13.3 Å². The lowest BCUT2D eigenvalue weighted by atomic mass is 9.82. The summed E-state index contributed by atoms with van der Waals surface area (Å²) in [5.41, 5.74) is 0. The third-order valence-corrected chi connectivity index (χ3v) is 4.45. The molecule has 2 saturated heterocycles. The predicted octanol–water partition coefficient (Wildman–Crippen LogP) is 1.45. The van der Waals surface area contributed by atoms with E-state index >= 15 is 0 Å². The molecule has 1 atom stereocenters. The molecule has 3 fully saturated rings. The lowest BCUT2D eigenvalue weighted by molar-refractivity contribution is 0.124. The van der Waals surface area contributed by atoms with Crippen molar-refractivity contribution in [2.75, 3.05) is 12.8 Å². The molecule has 2 aliphatic heterocycles. The summed E-state index contributed by atoms with van der Waals surface area (Å²) in [6.45, 7) is 0.906. The summed E-state index contributed by atoms with van der Waals surface area (Å²) in [5.74, 6) is 0.723. The number of fused-ring (bicyclic) bond motifs is 3. The monoisotopic (exact) mass is 188 g/mol. The van der Waals surface area contributed by atoms with Crippen LogP contribution in [-0.4, -0.2) is 27.4 Å². The molecular formula is C8H16N2OS. The molecule has 1 saturated carbocycles. The molecule has 3 aliphatic rings. The molecule has 1 N–H and O–H groups in total. The molecule has 3 nitrogen and oxygen atoms in total. The molecule has 70 valence electrons. The lowest BCUT2D eigenvalue weighted by Gasteiger charge is -2.44. The minimum atomic E-state index is -2.42. The minimum Gasteiger partial charge on any atom is -0.240 e. The van der Waals surface area contributed by atoms with Gasteiger partial charge in [0, 0.05) is 18.8 Å². The van der Waals surface area contributed by atoms with Crippen LogP contribution in [0.1, 0.15) is 25.7 Å². The Hall–Kier alpha value is -0.0900. The first kappa shape index (κ1) is 8.51. The maximum atomic E-state index is 11.5. The van der Waals surface area contributed by atoms with Crippen LogP contribution < -0.4 is 0 Å². The summed E-state index contributed by atoms with van der Waals surface area (Å²) >= 11 is 0. The molecule has 0 aromatic heterocycles. The maximum Gasteiger partial charge on any atom is 0.105 e. The number of nitrogens with one attached hydrogen (secondary N) is 1. The van der Waals surface area contributed by atoms with Gasteiger partial charge in [0.05, 0.1) is 0 Å². The van der Waals surface area contributed by atoms with Gasteiger partial charge in [0.15, 0.2) is 0 Å². The molecule has 1 unspecified atom stereocenters. The summed E-state index contributed by atoms with van der Waals surface area (Å²) in [6.07, 6.45) is 6.45. The Morgan fingerprint density at radius 3 is 2.17 bits per heavy atom. The van der Waals surface area contributed by atoms with Crippen molar-refractivity contribution in [2.24, 2.45) is 5.92 Å². The fourth-order valence-corrected chi connectivity index (χ4v) is 3.72. The predicted molar refractivity (Wildman–Crippen MR) is 49.2 cm³/mol. The summed E-state index contributed by atoms with van der Waals surface area (Å²) in [7, 11) is -2.42. The largest absolute Gasteiger partial charge is 0.240 e. The van der Waals surface area contributed by atoms with Crippen molar-refractivity contribution in [1.82, 2.24) is 4.31 Å². The number of rotatable bonds is 1. The Labute approximate surface area is 74.2 Å². The summed E-state index contributed by atoms with van der Waals surface area (Å²) in [5, 5.41) is 0. The van der Waals surface area contributed by atoms with E-state index in [9.17, 15) is 4.21 Å². The van der Waals surface area contributed by atoms with E-state index in [2.05, 4.69) is 0 Å². The Balaban J connectivity index is 2.20. The van der Waals surface area contributed by atoms with Crippen LogP contribution in [-0.2, 0) is 9.92 Å². The molecule has 0 aromatic rings. The lowest BCUT2D eigenvalue weighted by Crippen LogP contribution is -2.49. The van der Waals surface area contributed by atoms with E-state index in [0.717, 1.165) is 25.3 Å². The Morgan fingerprint density at radius 2 is 1.92 bits per heavy atom. The molecular weight excluding hydrogens is 172 g/mol. The van der Waals surface area contributed by atoms with Crippen LogP contribution in [0, 0.1) is 10.7 Å². The zero-order valence-electron chi connectivity index (χ0n) is 7.45. The van der Waals surface area contributed by atoms with Crippen molar-refractivity contribution in [3.63, 3.8) is 0 Å². The highest BCUT2D eigenvalue weighted by Gasteiger charge is 2.36. The van der Waals surface area contributed by atoms with Gasteiger partial charge in [0.25, 0.3) is 0 Å². The maximum absolute atomic E-state index is 11.5. The third kappa shape index (κ3) is 1.38. The van der Waals surface area contributed by atoms with Crippen LogP contribution in [0.2, 0.25) is 0 Å². The number of hydrogen-bond donors (Lipinski definition) is 1. The van der Waals surface area contributed by atoms with Crippen molar-refractivity contribution in [3.05, 3.63) is 0 Å². The van der Waals surface area contributed by atoms with Gasteiger partial charge in [-0.1, -0.05) is 0 Å². The van der Waals surface area contributed by atoms with E-state index in [1.807, 2.05) is 4.31 Å². The zero-order valence-corrected chi connectivity index (χ0v) is 8.27. The van der Waals surface area contributed by atoms with Gasteiger partial charge in [-0.15, -0.1) is 0 Å². The van der Waals surface area contributed by atoms with E-state index in [1.165, 1.54) is 12.8 Å². The highest BCUT2D eigenvalue weighted by atomic mass is 32.2. The number of piperidine rings is 2. The second-order valence-electron chi connectivity index (χ2n) is 4.08. The summed E-state index contributed by atoms with van der Waals surface area (Å²) < 4.78 is 21.0. The minimum absolute atomic E-state index is 0.449. The molecule has 0 amide bonds. The highest BCUT2D eigenvalue weighted by Crippen LogP contribution is 2.36. The molecule has 4 heteroatoms. The van der Waals surface area contributed by atoms with Gasteiger partial charge in [-0.2, -0.15) is 0 Å². The molecule has 0 radical (unpaired) electrons. The van der Waals surface area contributed by atoms with E-state index in [0.29, 0.717) is 6.04 Å².